The Morgan fingerprint density at radius 1 is 0.371 bits per heavy atom. The predicted octanol–water partition coefficient (Wildman–Crippen LogP) is 18.2. The first-order chi connectivity index (χ1) is 29.8. The van der Waals surface area contributed by atoms with E-state index in [-0.39, 0.29) is 10.8 Å². The van der Waals surface area contributed by atoms with E-state index in [1.807, 2.05) is 0 Å². The summed E-state index contributed by atoms with van der Waals surface area (Å²) in [5.74, 6) is 1.15. The largest absolute Gasteiger partial charge is 0.309 e. The fraction of sp³-hybridized carbons (Fsp3) is 0.367. The third-order valence-electron chi connectivity index (χ3n) is 14.2. The number of aryl methyl sites for hydroxylation is 2. The van der Waals surface area contributed by atoms with Crippen LogP contribution in [0.1, 0.15) is 151 Å². The normalized spacial score (nSPS) is 15.6. The maximum atomic E-state index is 2.61. The summed E-state index contributed by atoms with van der Waals surface area (Å²) in [4.78, 5) is 5.18. The van der Waals surface area contributed by atoms with Crippen LogP contribution in [-0.4, -0.2) is 0 Å². The van der Waals surface area contributed by atoms with Gasteiger partial charge in [-0.2, -0.15) is 0 Å². The summed E-state index contributed by atoms with van der Waals surface area (Å²) >= 11 is 0. The van der Waals surface area contributed by atoms with E-state index in [0.717, 1.165) is 0 Å². The van der Waals surface area contributed by atoms with E-state index in [1.165, 1.54) is 153 Å². The van der Waals surface area contributed by atoms with Crippen LogP contribution in [0.25, 0.3) is 21.5 Å². The molecule has 0 bridgehead atoms. The molecule has 0 amide bonds. The first-order valence-corrected chi connectivity index (χ1v) is 23.8. The standard InChI is InChI=1S/C60H68N2/c1-41-17-15-23-51(37-41)61(49-31-27-47(28-32-49)59(3,4)5)57-53-35-25-46(44-21-13-10-14-22-44)40-56(53)58(54-36-26-45(39-55(54)57)43-19-11-9-12-20-43)62(52-24-16-18-42(2)38-52)50-33-29-48(30-34-50)60(6,7)8/h15-18,23-40,43-44H,9-14,19-22H2,1-8H3. The molecule has 2 fully saturated rings. The van der Waals surface area contributed by atoms with Gasteiger partial charge in [0, 0.05) is 44.3 Å². The topological polar surface area (TPSA) is 6.48 Å². The van der Waals surface area contributed by atoms with E-state index in [0.29, 0.717) is 11.8 Å². The van der Waals surface area contributed by atoms with Gasteiger partial charge in [-0.25, -0.2) is 0 Å². The summed E-state index contributed by atoms with van der Waals surface area (Å²) in [5, 5.41) is 5.20. The average Bonchev–Trinajstić information content (AvgIpc) is 3.27. The van der Waals surface area contributed by atoms with Crippen molar-refractivity contribution < 1.29 is 0 Å². The van der Waals surface area contributed by atoms with E-state index in [9.17, 15) is 0 Å². The molecule has 2 aliphatic rings. The SMILES string of the molecule is Cc1cccc(N(c2ccc(C(C)(C)C)cc2)c2c3ccc(C4CCCCC4)cc3c(N(c3ccc(C(C)(C)C)cc3)c3cccc(C)c3)c3ccc(C4CCCCC4)cc23)c1. The fourth-order valence-electron chi connectivity index (χ4n) is 10.6. The highest BCUT2D eigenvalue weighted by molar-refractivity contribution is 6.23. The highest BCUT2D eigenvalue weighted by atomic mass is 15.2. The van der Waals surface area contributed by atoms with Crippen LogP contribution in [0, 0.1) is 13.8 Å². The molecule has 62 heavy (non-hydrogen) atoms. The lowest BCUT2D eigenvalue weighted by atomic mass is 9.81. The highest BCUT2D eigenvalue weighted by Gasteiger charge is 2.29. The van der Waals surface area contributed by atoms with Crippen molar-refractivity contribution in [3.05, 3.63) is 167 Å². The molecule has 0 radical (unpaired) electrons. The average molecular weight is 817 g/mol. The third-order valence-corrected chi connectivity index (χ3v) is 14.2. The minimum Gasteiger partial charge on any atom is -0.309 e. The van der Waals surface area contributed by atoms with E-state index in [4.69, 9.17) is 0 Å². The molecule has 2 saturated carbocycles. The summed E-state index contributed by atoms with van der Waals surface area (Å²) in [7, 11) is 0. The minimum atomic E-state index is 0.0580. The van der Waals surface area contributed by atoms with Gasteiger partial charge in [-0.05, 0) is 156 Å². The van der Waals surface area contributed by atoms with E-state index < -0.39 is 0 Å². The van der Waals surface area contributed by atoms with Crippen LogP contribution in [0.2, 0.25) is 0 Å². The van der Waals surface area contributed by atoms with Crippen LogP contribution in [-0.2, 0) is 10.8 Å². The molecule has 0 N–H and O–H groups in total. The first-order valence-electron chi connectivity index (χ1n) is 23.8. The summed E-state index contributed by atoms with van der Waals surface area (Å²) in [6.07, 6.45) is 13.0. The number of hydrogen-bond donors (Lipinski definition) is 0. The zero-order valence-corrected chi connectivity index (χ0v) is 38.8. The lowest BCUT2D eigenvalue weighted by Crippen LogP contribution is -2.16. The first kappa shape index (κ1) is 42.0. The number of rotatable bonds is 8. The lowest BCUT2D eigenvalue weighted by Gasteiger charge is -2.34. The summed E-state index contributed by atoms with van der Waals surface area (Å²) < 4.78 is 0. The van der Waals surface area contributed by atoms with Crippen molar-refractivity contribution in [3.8, 4) is 0 Å². The third kappa shape index (κ3) is 8.43. The number of benzene rings is 7. The van der Waals surface area contributed by atoms with E-state index >= 15 is 0 Å². The van der Waals surface area contributed by atoms with E-state index in [1.54, 1.807) is 0 Å². The Hall–Kier alpha value is -5.34. The van der Waals surface area contributed by atoms with Crippen LogP contribution in [0.5, 0.6) is 0 Å². The van der Waals surface area contributed by atoms with Crippen molar-refractivity contribution in [1.29, 1.82) is 0 Å². The molecule has 0 heterocycles. The zero-order valence-electron chi connectivity index (χ0n) is 38.8. The van der Waals surface area contributed by atoms with Gasteiger partial charge in [0.1, 0.15) is 0 Å². The Balaban J connectivity index is 1.42. The number of anilines is 6. The van der Waals surface area contributed by atoms with E-state index in [2.05, 4.69) is 199 Å². The van der Waals surface area contributed by atoms with Gasteiger partial charge in [0.2, 0.25) is 0 Å². The summed E-state index contributed by atoms with van der Waals surface area (Å²) in [6.45, 7) is 18.3. The van der Waals surface area contributed by atoms with Crippen molar-refractivity contribution in [2.45, 2.75) is 142 Å². The Labute approximate surface area is 373 Å². The van der Waals surface area contributed by atoms with Crippen molar-refractivity contribution in [2.24, 2.45) is 0 Å². The second-order valence-electron chi connectivity index (χ2n) is 20.9. The lowest BCUT2D eigenvalue weighted by molar-refractivity contribution is 0.444. The Morgan fingerprint density at radius 3 is 1.08 bits per heavy atom. The Bertz CT molecular complexity index is 2490. The molecule has 7 aromatic carbocycles. The predicted molar refractivity (Wildman–Crippen MR) is 269 cm³/mol. The van der Waals surface area contributed by atoms with Crippen molar-refractivity contribution >= 4 is 55.7 Å². The Kier molecular flexibility index (Phi) is 11.6. The molecule has 9 rings (SSSR count). The molecule has 2 aliphatic carbocycles. The molecule has 0 spiro atoms. The van der Waals surface area contributed by atoms with Gasteiger partial charge in [0.15, 0.2) is 0 Å². The van der Waals surface area contributed by atoms with Crippen LogP contribution < -0.4 is 9.80 Å². The number of fused-ring (bicyclic) bond motifs is 2. The highest BCUT2D eigenvalue weighted by Crippen LogP contribution is 2.53. The smallest absolute Gasteiger partial charge is 0.0620 e. The fourth-order valence-corrected chi connectivity index (χ4v) is 10.6. The molecule has 0 aromatic heterocycles. The minimum absolute atomic E-state index is 0.0580. The van der Waals surface area contributed by atoms with Crippen molar-refractivity contribution in [2.75, 3.05) is 9.80 Å². The second kappa shape index (κ2) is 17.1. The number of hydrogen-bond acceptors (Lipinski definition) is 2. The zero-order chi connectivity index (χ0) is 43.2. The molecule has 0 atom stereocenters. The van der Waals surface area contributed by atoms with Crippen LogP contribution >= 0.6 is 0 Å². The monoisotopic (exact) mass is 817 g/mol. The van der Waals surface area contributed by atoms with Crippen LogP contribution in [0.3, 0.4) is 0 Å². The quantitative estimate of drug-likeness (QED) is 0.111. The van der Waals surface area contributed by atoms with Crippen LogP contribution in [0.15, 0.2) is 133 Å². The summed E-state index contributed by atoms with van der Waals surface area (Å²) in [5.41, 5.74) is 15.6. The van der Waals surface area contributed by atoms with Crippen LogP contribution in [0.4, 0.5) is 34.1 Å². The van der Waals surface area contributed by atoms with Crippen molar-refractivity contribution in [1.82, 2.24) is 0 Å². The molecular formula is C60H68N2. The Morgan fingerprint density at radius 2 is 0.742 bits per heavy atom. The van der Waals surface area contributed by atoms with Gasteiger partial charge < -0.3 is 9.80 Å². The number of nitrogens with zero attached hydrogens (tertiary/aromatic N) is 2. The molecule has 2 nitrogen and oxygen atoms in total. The molecule has 0 unspecified atom stereocenters. The maximum Gasteiger partial charge on any atom is 0.0620 e. The molecule has 318 valence electrons. The maximum absolute atomic E-state index is 2.61. The summed E-state index contributed by atoms with van der Waals surface area (Å²) in [6, 6.07) is 52.4. The van der Waals surface area contributed by atoms with Gasteiger partial charge in [0.25, 0.3) is 0 Å². The molecule has 2 heteroatoms. The van der Waals surface area contributed by atoms with Gasteiger partial charge in [0.05, 0.1) is 11.4 Å². The van der Waals surface area contributed by atoms with Gasteiger partial charge in [-0.3, -0.25) is 0 Å². The van der Waals surface area contributed by atoms with Gasteiger partial charge in [-0.1, -0.05) is 153 Å². The molecule has 0 aliphatic heterocycles. The van der Waals surface area contributed by atoms with Crippen molar-refractivity contribution in [3.63, 3.8) is 0 Å². The molecular weight excluding hydrogens is 749 g/mol. The second-order valence-corrected chi connectivity index (χ2v) is 20.9. The molecule has 0 saturated heterocycles. The molecule has 7 aromatic rings. The van der Waals surface area contributed by atoms with Gasteiger partial charge in [-0.15, -0.1) is 0 Å². The van der Waals surface area contributed by atoms with Gasteiger partial charge >= 0.3 is 0 Å².